The molecule has 1 heterocycles. The molecule has 0 saturated heterocycles. The third-order valence-electron chi connectivity index (χ3n) is 2.31. The first-order valence-corrected chi connectivity index (χ1v) is 4.93. The molecule has 0 atom stereocenters. The summed E-state index contributed by atoms with van der Waals surface area (Å²) < 4.78 is 0. The Morgan fingerprint density at radius 2 is 2.36 bits per heavy atom. The van der Waals surface area contributed by atoms with Gasteiger partial charge in [-0.05, 0) is 19.1 Å². The Kier molecular flexibility index (Phi) is 2.33. The molecule has 14 heavy (non-hydrogen) atoms. The number of benzene rings is 1. The number of amides is 1. The Morgan fingerprint density at radius 1 is 1.57 bits per heavy atom. The molecule has 0 spiro atoms. The standard InChI is InChI=1S/C10H11ClN2O/c1-2-13-6-9(14)12-10-7(11)4-3-5-8(10)13/h3-5H,2,6H2,1H3,(H,12,14). The second-order valence-electron chi connectivity index (χ2n) is 3.20. The molecular formula is C10H11ClN2O. The van der Waals surface area contributed by atoms with Gasteiger partial charge in [-0.25, -0.2) is 0 Å². The lowest BCUT2D eigenvalue weighted by Crippen LogP contribution is -2.38. The summed E-state index contributed by atoms with van der Waals surface area (Å²) >= 11 is 5.99. The Morgan fingerprint density at radius 3 is 3.07 bits per heavy atom. The minimum Gasteiger partial charge on any atom is -0.361 e. The Labute approximate surface area is 87.7 Å². The molecule has 1 aromatic carbocycles. The molecule has 0 aromatic heterocycles. The van der Waals surface area contributed by atoms with Crippen molar-refractivity contribution in [3.8, 4) is 0 Å². The zero-order valence-corrected chi connectivity index (χ0v) is 8.64. The second kappa shape index (κ2) is 3.50. The zero-order valence-electron chi connectivity index (χ0n) is 7.88. The lowest BCUT2D eigenvalue weighted by molar-refractivity contribution is -0.115. The lowest BCUT2D eigenvalue weighted by Gasteiger charge is -2.30. The van der Waals surface area contributed by atoms with Crippen LogP contribution in [0, 0.1) is 0 Å². The SMILES string of the molecule is CCN1CC(=O)Nc2c(Cl)cccc21. The van der Waals surface area contributed by atoms with Crippen LogP contribution >= 0.6 is 11.6 Å². The van der Waals surface area contributed by atoms with E-state index >= 15 is 0 Å². The number of para-hydroxylation sites is 1. The van der Waals surface area contributed by atoms with Gasteiger partial charge in [0.15, 0.2) is 0 Å². The van der Waals surface area contributed by atoms with Gasteiger partial charge in [0, 0.05) is 6.54 Å². The van der Waals surface area contributed by atoms with Crippen molar-refractivity contribution in [1.82, 2.24) is 0 Å². The quantitative estimate of drug-likeness (QED) is 0.770. The van der Waals surface area contributed by atoms with Crippen molar-refractivity contribution < 1.29 is 4.79 Å². The molecule has 0 aliphatic carbocycles. The van der Waals surface area contributed by atoms with Crippen molar-refractivity contribution in [2.45, 2.75) is 6.92 Å². The molecule has 0 fully saturated rings. The molecule has 1 aliphatic heterocycles. The Balaban J connectivity index is 2.50. The molecule has 3 nitrogen and oxygen atoms in total. The normalized spacial score (nSPS) is 15.0. The van der Waals surface area contributed by atoms with E-state index in [1.165, 1.54) is 0 Å². The summed E-state index contributed by atoms with van der Waals surface area (Å²) in [6.07, 6.45) is 0. The molecule has 0 radical (unpaired) electrons. The van der Waals surface area contributed by atoms with Gasteiger partial charge in [0.05, 0.1) is 22.9 Å². The Hall–Kier alpha value is -1.22. The van der Waals surface area contributed by atoms with Crippen LogP contribution in [-0.2, 0) is 4.79 Å². The van der Waals surface area contributed by atoms with Gasteiger partial charge in [0.2, 0.25) is 5.91 Å². The van der Waals surface area contributed by atoms with Crippen LogP contribution in [0.2, 0.25) is 5.02 Å². The van der Waals surface area contributed by atoms with E-state index in [1.807, 2.05) is 24.0 Å². The number of carbonyl (C=O) groups is 1. The summed E-state index contributed by atoms with van der Waals surface area (Å²) in [6.45, 7) is 3.23. The van der Waals surface area contributed by atoms with Crippen LogP contribution < -0.4 is 10.2 Å². The van der Waals surface area contributed by atoms with Gasteiger partial charge in [0.25, 0.3) is 0 Å². The fourth-order valence-electron chi connectivity index (χ4n) is 1.62. The average molecular weight is 211 g/mol. The summed E-state index contributed by atoms with van der Waals surface area (Å²) in [7, 11) is 0. The summed E-state index contributed by atoms with van der Waals surface area (Å²) in [5.41, 5.74) is 1.73. The topological polar surface area (TPSA) is 32.3 Å². The highest BCUT2D eigenvalue weighted by Crippen LogP contribution is 2.35. The van der Waals surface area contributed by atoms with Crippen molar-refractivity contribution in [2.24, 2.45) is 0 Å². The van der Waals surface area contributed by atoms with Gasteiger partial charge in [-0.1, -0.05) is 17.7 Å². The summed E-state index contributed by atoms with van der Waals surface area (Å²) in [6, 6.07) is 5.63. The highest BCUT2D eigenvalue weighted by atomic mass is 35.5. The number of rotatable bonds is 1. The van der Waals surface area contributed by atoms with Crippen LogP contribution in [0.25, 0.3) is 0 Å². The summed E-state index contributed by atoms with van der Waals surface area (Å²) in [4.78, 5) is 13.3. The minimum atomic E-state index is -0.00699. The van der Waals surface area contributed by atoms with Gasteiger partial charge in [-0.15, -0.1) is 0 Å². The number of nitrogens with zero attached hydrogens (tertiary/aromatic N) is 1. The minimum absolute atomic E-state index is 0.00699. The van der Waals surface area contributed by atoms with E-state index < -0.39 is 0 Å². The predicted molar refractivity (Wildman–Crippen MR) is 58.0 cm³/mol. The van der Waals surface area contributed by atoms with Crippen LogP contribution in [-0.4, -0.2) is 19.0 Å². The van der Waals surface area contributed by atoms with Gasteiger partial charge in [-0.2, -0.15) is 0 Å². The number of anilines is 2. The fourth-order valence-corrected chi connectivity index (χ4v) is 1.84. The molecule has 1 aliphatic rings. The van der Waals surface area contributed by atoms with Crippen LogP contribution in [0.1, 0.15) is 6.92 Å². The summed E-state index contributed by atoms with van der Waals surface area (Å²) in [5.74, 6) is -0.00699. The molecule has 0 bridgehead atoms. The average Bonchev–Trinajstić information content (AvgIpc) is 2.18. The van der Waals surface area contributed by atoms with Gasteiger partial charge >= 0.3 is 0 Å². The number of nitrogens with one attached hydrogen (secondary N) is 1. The highest BCUT2D eigenvalue weighted by Gasteiger charge is 2.21. The van der Waals surface area contributed by atoms with Crippen molar-refractivity contribution in [2.75, 3.05) is 23.3 Å². The van der Waals surface area contributed by atoms with E-state index in [0.29, 0.717) is 11.6 Å². The molecule has 1 amide bonds. The third-order valence-corrected chi connectivity index (χ3v) is 2.63. The highest BCUT2D eigenvalue weighted by molar-refractivity contribution is 6.34. The molecule has 0 unspecified atom stereocenters. The maximum absolute atomic E-state index is 11.3. The van der Waals surface area contributed by atoms with Crippen LogP contribution in [0.5, 0.6) is 0 Å². The molecular weight excluding hydrogens is 200 g/mol. The number of likely N-dealkylation sites (N-methyl/N-ethyl adjacent to an activating group) is 1. The van der Waals surface area contributed by atoms with E-state index in [1.54, 1.807) is 6.07 Å². The predicted octanol–water partition coefficient (Wildman–Crippen LogP) is 2.12. The first kappa shape index (κ1) is 9.34. The molecule has 1 N–H and O–H groups in total. The van der Waals surface area contributed by atoms with Crippen molar-refractivity contribution in [1.29, 1.82) is 0 Å². The van der Waals surface area contributed by atoms with Gasteiger partial charge in [-0.3, -0.25) is 4.79 Å². The van der Waals surface area contributed by atoms with E-state index in [9.17, 15) is 4.79 Å². The van der Waals surface area contributed by atoms with Gasteiger partial charge in [0.1, 0.15) is 0 Å². The number of hydrogen-bond acceptors (Lipinski definition) is 2. The lowest BCUT2D eigenvalue weighted by atomic mass is 10.2. The first-order valence-electron chi connectivity index (χ1n) is 4.55. The second-order valence-corrected chi connectivity index (χ2v) is 3.60. The van der Waals surface area contributed by atoms with Crippen molar-refractivity contribution >= 4 is 28.9 Å². The third kappa shape index (κ3) is 1.44. The molecule has 4 heteroatoms. The number of hydrogen-bond donors (Lipinski definition) is 1. The number of fused-ring (bicyclic) bond motifs is 1. The molecule has 74 valence electrons. The number of halogens is 1. The number of carbonyl (C=O) groups excluding carboxylic acids is 1. The first-order chi connectivity index (χ1) is 6.72. The van der Waals surface area contributed by atoms with Gasteiger partial charge < -0.3 is 10.2 Å². The monoisotopic (exact) mass is 210 g/mol. The van der Waals surface area contributed by atoms with Crippen molar-refractivity contribution in [3.63, 3.8) is 0 Å². The van der Waals surface area contributed by atoms with Crippen LogP contribution in [0.3, 0.4) is 0 Å². The summed E-state index contributed by atoms with van der Waals surface area (Å²) in [5, 5.41) is 3.37. The van der Waals surface area contributed by atoms with Crippen LogP contribution in [0.15, 0.2) is 18.2 Å². The molecule has 1 aromatic rings. The molecule has 2 rings (SSSR count). The van der Waals surface area contributed by atoms with E-state index in [4.69, 9.17) is 11.6 Å². The fraction of sp³-hybridized carbons (Fsp3) is 0.300. The van der Waals surface area contributed by atoms with E-state index in [2.05, 4.69) is 5.32 Å². The molecule has 0 saturated carbocycles. The van der Waals surface area contributed by atoms with E-state index in [0.717, 1.165) is 17.9 Å². The largest absolute Gasteiger partial charge is 0.361 e. The van der Waals surface area contributed by atoms with Crippen LogP contribution in [0.4, 0.5) is 11.4 Å². The maximum atomic E-state index is 11.3. The smallest absolute Gasteiger partial charge is 0.243 e. The zero-order chi connectivity index (χ0) is 10.1. The Bertz CT molecular complexity index is 378. The maximum Gasteiger partial charge on any atom is 0.243 e. The van der Waals surface area contributed by atoms with E-state index in [-0.39, 0.29) is 5.91 Å². The van der Waals surface area contributed by atoms with Crippen molar-refractivity contribution in [3.05, 3.63) is 23.2 Å².